The van der Waals surface area contributed by atoms with Crippen LogP contribution in [0.4, 0.5) is 0 Å². The molecule has 0 unspecified atom stereocenters. The fraction of sp³-hybridized carbons (Fsp3) is 0.364. The minimum absolute atomic E-state index is 0.0378. The second kappa shape index (κ2) is 8.16. The number of nitrogens with zero attached hydrogens (tertiary/aromatic N) is 2. The van der Waals surface area contributed by atoms with Crippen molar-refractivity contribution in [3.8, 4) is 17.2 Å². The highest BCUT2D eigenvalue weighted by atomic mass is 16.1. The molecule has 1 N–H and O–H groups in total. The highest BCUT2D eigenvalue weighted by Gasteiger charge is 2.18. The molecule has 26 heavy (non-hydrogen) atoms. The first kappa shape index (κ1) is 18.2. The highest BCUT2D eigenvalue weighted by molar-refractivity contribution is 5.95. The monoisotopic (exact) mass is 347 g/mol. The fourth-order valence-corrected chi connectivity index (χ4v) is 3.54. The lowest BCUT2D eigenvalue weighted by molar-refractivity contribution is 0.0940. The number of benzene rings is 2. The van der Waals surface area contributed by atoms with Crippen LogP contribution in [0.25, 0.3) is 11.1 Å². The van der Waals surface area contributed by atoms with Crippen LogP contribution in [0.2, 0.25) is 0 Å². The lowest BCUT2D eigenvalue weighted by Crippen LogP contribution is -2.40. The molecule has 2 aromatic rings. The molecule has 1 fully saturated rings. The van der Waals surface area contributed by atoms with Gasteiger partial charge < -0.3 is 5.32 Å². The first-order valence-electron chi connectivity index (χ1n) is 9.22. The summed E-state index contributed by atoms with van der Waals surface area (Å²) in [6, 6.07) is 15.8. The zero-order valence-corrected chi connectivity index (χ0v) is 15.5. The number of hydrogen-bond acceptors (Lipinski definition) is 3. The normalized spacial score (nSPS) is 15.4. The highest BCUT2D eigenvalue weighted by Crippen LogP contribution is 2.25. The number of carbonyl (C=O) groups is 1. The maximum Gasteiger partial charge on any atom is 0.251 e. The van der Waals surface area contributed by atoms with Gasteiger partial charge in [0.2, 0.25) is 0 Å². The number of rotatable bonds is 5. The van der Waals surface area contributed by atoms with Gasteiger partial charge >= 0.3 is 0 Å². The Hall–Kier alpha value is -2.64. The van der Waals surface area contributed by atoms with Crippen LogP contribution >= 0.6 is 0 Å². The first-order valence-corrected chi connectivity index (χ1v) is 9.22. The van der Waals surface area contributed by atoms with Crippen LogP contribution < -0.4 is 5.32 Å². The maximum absolute atomic E-state index is 12.6. The number of likely N-dealkylation sites (tertiary alicyclic amines) is 1. The van der Waals surface area contributed by atoms with Gasteiger partial charge in [0.05, 0.1) is 11.6 Å². The smallest absolute Gasteiger partial charge is 0.251 e. The fourth-order valence-electron chi connectivity index (χ4n) is 3.54. The van der Waals surface area contributed by atoms with E-state index in [0.29, 0.717) is 23.7 Å². The second-order valence-electron chi connectivity index (χ2n) is 7.02. The van der Waals surface area contributed by atoms with Crippen molar-refractivity contribution in [2.24, 2.45) is 0 Å². The van der Waals surface area contributed by atoms with E-state index in [2.05, 4.69) is 23.2 Å². The molecule has 134 valence electrons. The summed E-state index contributed by atoms with van der Waals surface area (Å²) in [5.74, 6) is -0.0378. The largest absolute Gasteiger partial charge is 0.350 e. The number of aryl methyl sites for hydroxylation is 1. The van der Waals surface area contributed by atoms with E-state index < -0.39 is 0 Å². The molecule has 0 bridgehead atoms. The van der Waals surface area contributed by atoms with E-state index >= 15 is 0 Å². The van der Waals surface area contributed by atoms with E-state index in [1.807, 2.05) is 49.4 Å². The number of nitrogens with one attached hydrogen (secondary N) is 1. The van der Waals surface area contributed by atoms with Gasteiger partial charge in [0.15, 0.2) is 0 Å². The Morgan fingerprint density at radius 1 is 1.23 bits per heavy atom. The van der Waals surface area contributed by atoms with Gasteiger partial charge in [0.25, 0.3) is 5.91 Å². The van der Waals surface area contributed by atoms with E-state index in [4.69, 9.17) is 5.26 Å². The molecule has 0 aliphatic carbocycles. The minimum Gasteiger partial charge on any atom is -0.350 e. The molecule has 0 spiro atoms. The van der Waals surface area contributed by atoms with E-state index in [9.17, 15) is 4.79 Å². The Morgan fingerprint density at radius 3 is 2.69 bits per heavy atom. The summed E-state index contributed by atoms with van der Waals surface area (Å²) in [7, 11) is 0. The van der Waals surface area contributed by atoms with Gasteiger partial charge in [-0.15, -0.1) is 0 Å². The third-order valence-electron chi connectivity index (χ3n) is 5.11. The summed E-state index contributed by atoms with van der Waals surface area (Å²) in [5, 5.41) is 12.1. The molecular weight excluding hydrogens is 322 g/mol. The minimum atomic E-state index is -0.0378. The molecule has 1 amide bonds. The average molecular weight is 347 g/mol. The molecule has 2 aromatic carbocycles. The summed E-state index contributed by atoms with van der Waals surface area (Å²) in [5.41, 5.74) is 4.39. The summed E-state index contributed by atoms with van der Waals surface area (Å²) >= 11 is 0. The van der Waals surface area contributed by atoms with Crippen molar-refractivity contribution >= 4 is 5.91 Å². The third-order valence-corrected chi connectivity index (χ3v) is 5.11. The van der Waals surface area contributed by atoms with Crippen LogP contribution in [0.3, 0.4) is 0 Å². The standard InChI is InChI=1S/C22H25N3O/c1-16-12-18(14-23)8-9-21(16)19-6-5-7-20(13-19)22(26)24-15-17(2)25-10-3-4-11-25/h5-9,12-13,17H,3-4,10-11,15H2,1-2H3,(H,24,26)/t17-/m0/s1. The van der Waals surface area contributed by atoms with Gasteiger partial charge in [0.1, 0.15) is 0 Å². The molecule has 1 saturated heterocycles. The number of carbonyl (C=O) groups excluding carboxylic acids is 1. The van der Waals surface area contributed by atoms with Crippen LogP contribution in [0.1, 0.15) is 41.3 Å². The van der Waals surface area contributed by atoms with Crippen LogP contribution in [0, 0.1) is 18.3 Å². The zero-order chi connectivity index (χ0) is 18.5. The number of amides is 1. The quantitative estimate of drug-likeness (QED) is 0.896. The van der Waals surface area contributed by atoms with Crippen LogP contribution in [-0.2, 0) is 0 Å². The zero-order valence-electron chi connectivity index (χ0n) is 15.5. The molecule has 1 aliphatic heterocycles. The van der Waals surface area contributed by atoms with Gasteiger partial charge in [-0.05, 0) is 80.7 Å². The molecule has 1 atom stereocenters. The van der Waals surface area contributed by atoms with Crippen molar-refractivity contribution in [3.05, 3.63) is 59.2 Å². The summed E-state index contributed by atoms with van der Waals surface area (Å²) in [4.78, 5) is 15.0. The van der Waals surface area contributed by atoms with Crippen molar-refractivity contribution in [3.63, 3.8) is 0 Å². The lowest BCUT2D eigenvalue weighted by Gasteiger charge is -2.23. The summed E-state index contributed by atoms with van der Waals surface area (Å²) in [6.07, 6.45) is 2.51. The van der Waals surface area contributed by atoms with Crippen molar-refractivity contribution in [1.29, 1.82) is 5.26 Å². The molecule has 0 aromatic heterocycles. The molecular formula is C22H25N3O. The Balaban J connectivity index is 1.70. The Kier molecular flexibility index (Phi) is 5.70. The molecule has 3 rings (SSSR count). The van der Waals surface area contributed by atoms with Gasteiger partial charge in [-0.1, -0.05) is 18.2 Å². The Labute approximate surface area is 155 Å². The van der Waals surface area contributed by atoms with E-state index in [1.165, 1.54) is 12.8 Å². The molecule has 0 saturated carbocycles. The van der Waals surface area contributed by atoms with Crippen molar-refractivity contribution in [2.45, 2.75) is 32.7 Å². The van der Waals surface area contributed by atoms with Crippen molar-refractivity contribution in [2.75, 3.05) is 19.6 Å². The summed E-state index contributed by atoms with van der Waals surface area (Å²) in [6.45, 7) is 7.08. The van der Waals surface area contributed by atoms with Crippen molar-refractivity contribution < 1.29 is 4.79 Å². The van der Waals surface area contributed by atoms with E-state index in [-0.39, 0.29) is 5.91 Å². The molecule has 4 heteroatoms. The van der Waals surface area contributed by atoms with Crippen molar-refractivity contribution in [1.82, 2.24) is 10.2 Å². The Bertz CT molecular complexity index is 832. The molecule has 0 radical (unpaired) electrons. The number of nitriles is 1. The van der Waals surface area contributed by atoms with E-state index in [0.717, 1.165) is 29.8 Å². The molecule has 4 nitrogen and oxygen atoms in total. The first-order chi connectivity index (χ1) is 12.6. The van der Waals surface area contributed by atoms with Gasteiger partial charge in [0, 0.05) is 18.2 Å². The second-order valence-corrected chi connectivity index (χ2v) is 7.02. The Morgan fingerprint density at radius 2 is 2.00 bits per heavy atom. The maximum atomic E-state index is 12.6. The predicted molar refractivity (Wildman–Crippen MR) is 104 cm³/mol. The molecule has 1 aliphatic rings. The number of hydrogen-bond donors (Lipinski definition) is 1. The van der Waals surface area contributed by atoms with E-state index in [1.54, 1.807) is 0 Å². The lowest BCUT2D eigenvalue weighted by atomic mass is 9.97. The summed E-state index contributed by atoms with van der Waals surface area (Å²) < 4.78 is 0. The SMILES string of the molecule is Cc1cc(C#N)ccc1-c1cccc(C(=O)NC[C@H](C)N2CCCC2)c1. The predicted octanol–water partition coefficient (Wildman–Crippen LogP) is 3.75. The van der Waals surface area contributed by atoms with Crippen LogP contribution in [0.15, 0.2) is 42.5 Å². The van der Waals surface area contributed by atoms with Gasteiger partial charge in [-0.2, -0.15) is 5.26 Å². The van der Waals surface area contributed by atoms with Gasteiger partial charge in [-0.25, -0.2) is 0 Å². The van der Waals surface area contributed by atoms with Crippen LogP contribution in [0.5, 0.6) is 0 Å². The molecule has 1 heterocycles. The van der Waals surface area contributed by atoms with Gasteiger partial charge in [-0.3, -0.25) is 9.69 Å². The topological polar surface area (TPSA) is 56.1 Å². The average Bonchev–Trinajstić information content (AvgIpc) is 3.20. The third kappa shape index (κ3) is 4.12. The van der Waals surface area contributed by atoms with Crippen LogP contribution in [-0.4, -0.2) is 36.5 Å².